The van der Waals surface area contributed by atoms with Gasteiger partial charge in [0.2, 0.25) is 17.2 Å². The number of benzene rings is 3. The zero-order chi connectivity index (χ0) is 35.5. The lowest BCUT2D eigenvalue weighted by Gasteiger charge is -2.08. The van der Waals surface area contributed by atoms with Crippen LogP contribution in [0.2, 0.25) is 0 Å². The molecule has 0 aliphatic rings. The average Bonchev–Trinajstić information content (AvgIpc) is 3.71. The maximum absolute atomic E-state index is 11.1. The van der Waals surface area contributed by atoms with E-state index in [9.17, 15) is 35.1 Å². The molecule has 0 amide bonds. The third kappa shape index (κ3) is 8.13. The molecule has 0 saturated heterocycles. The second kappa shape index (κ2) is 16.1. The van der Waals surface area contributed by atoms with Crippen LogP contribution in [0, 0.1) is 30.3 Å². The van der Waals surface area contributed by atoms with Crippen LogP contribution in [0.15, 0.2) is 79.1 Å². The topological polar surface area (TPSA) is 210 Å². The van der Waals surface area contributed by atoms with Crippen molar-refractivity contribution < 1.29 is 33.8 Å². The number of carbonyl (C=O) groups is 1. The Balaban J connectivity index is 0.000000197. The van der Waals surface area contributed by atoms with Gasteiger partial charge in [0.25, 0.3) is 0 Å². The number of rotatable bonds is 9. The first-order valence-corrected chi connectivity index (χ1v) is 13.8. The molecule has 0 radical (unpaired) electrons. The fraction of sp³-hybridized carbons (Fsp3) is 0.194. The van der Waals surface area contributed by atoms with E-state index in [0.717, 1.165) is 5.69 Å². The van der Waals surface area contributed by atoms with Crippen molar-refractivity contribution in [3.63, 3.8) is 0 Å². The van der Waals surface area contributed by atoms with E-state index in [1.807, 2.05) is 0 Å². The van der Waals surface area contributed by atoms with E-state index in [1.165, 1.54) is 58.6 Å². The van der Waals surface area contributed by atoms with Gasteiger partial charge in [-0.25, -0.2) is 0 Å². The maximum atomic E-state index is 11.1. The Morgan fingerprint density at radius 2 is 1.17 bits per heavy atom. The molecule has 0 fully saturated rings. The van der Waals surface area contributed by atoms with Crippen LogP contribution in [0.3, 0.4) is 0 Å². The lowest BCUT2D eigenvalue weighted by molar-refractivity contribution is -0.385. The smallest absolute Gasteiger partial charge is 0.311 e. The van der Waals surface area contributed by atoms with Crippen LogP contribution in [0.1, 0.15) is 17.3 Å². The Labute approximate surface area is 273 Å². The quantitative estimate of drug-likeness (QED) is 0.104. The summed E-state index contributed by atoms with van der Waals surface area (Å²) in [6.45, 7) is 1.33. The maximum Gasteiger partial charge on any atom is 0.311 e. The number of aromatic nitrogens is 4. The largest absolute Gasteiger partial charge is 0.490 e. The molecule has 17 nitrogen and oxygen atoms in total. The number of hydrogen-bond donors (Lipinski definition) is 0. The number of ether oxygens (including phenoxy) is 3. The lowest BCUT2D eigenvalue weighted by Crippen LogP contribution is -2.01. The van der Waals surface area contributed by atoms with E-state index in [2.05, 4.69) is 10.2 Å². The number of aryl methyl sites for hydroxylation is 2. The second-order valence-electron chi connectivity index (χ2n) is 9.62. The molecule has 0 atom stereocenters. The summed E-state index contributed by atoms with van der Waals surface area (Å²) in [6, 6.07) is 17.4. The highest BCUT2D eigenvalue weighted by molar-refractivity contribution is 5.98. The summed E-state index contributed by atoms with van der Waals surface area (Å²) in [7, 11) is 7.69. The SMILES string of the molecule is COc1c(-c2ccn(C)n2)cccc1[N+](=O)[O-].COc1c(-c2ccnn2C)cccc1[N+](=O)[O-].COc1c(C(C)=O)cccc1[N+](=O)[O-]. The van der Waals surface area contributed by atoms with Gasteiger partial charge in [-0.3, -0.25) is 44.5 Å². The molecular weight excluding hydrogens is 630 g/mol. The number of nitrogens with zero attached hydrogens (tertiary/aromatic N) is 7. The zero-order valence-electron chi connectivity index (χ0n) is 26.7. The number of hydrogen-bond acceptors (Lipinski definition) is 12. The predicted octanol–water partition coefficient (Wildman–Crippen LogP) is 5.81. The lowest BCUT2D eigenvalue weighted by atomic mass is 10.1. The van der Waals surface area contributed by atoms with Crippen molar-refractivity contribution in [3.05, 3.63) is 115 Å². The number of carbonyl (C=O) groups excluding carboxylic acids is 1. The molecular formula is C31H31N7O10. The summed E-state index contributed by atoms with van der Waals surface area (Å²) in [6.07, 6.45) is 3.40. The van der Waals surface area contributed by atoms with Gasteiger partial charge in [0.15, 0.2) is 5.78 Å². The second-order valence-corrected chi connectivity index (χ2v) is 9.62. The van der Waals surface area contributed by atoms with Gasteiger partial charge < -0.3 is 14.2 Å². The summed E-state index contributed by atoms with van der Waals surface area (Å²) in [5, 5.41) is 40.6. The predicted molar refractivity (Wildman–Crippen MR) is 173 cm³/mol. The Morgan fingerprint density at radius 1 is 0.688 bits per heavy atom. The van der Waals surface area contributed by atoms with Gasteiger partial charge in [-0.1, -0.05) is 18.2 Å². The minimum absolute atomic E-state index is 0.0185. The van der Waals surface area contributed by atoms with Crippen LogP contribution in [0.25, 0.3) is 22.5 Å². The summed E-state index contributed by atoms with van der Waals surface area (Å²) < 4.78 is 18.4. The molecule has 0 aliphatic carbocycles. The molecule has 17 heteroatoms. The number of methoxy groups -OCH3 is 3. The van der Waals surface area contributed by atoms with Gasteiger partial charge in [0.1, 0.15) is 0 Å². The normalized spacial score (nSPS) is 10.0. The third-order valence-electron chi connectivity index (χ3n) is 6.65. The minimum Gasteiger partial charge on any atom is -0.490 e. The molecule has 2 heterocycles. The van der Waals surface area contributed by atoms with E-state index < -0.39 is 14.8 Å². The summed E-state index contributed by atoms with van der Waals surface area (Å²) in [5.41, 5.74) is 2.60. The van der Waals surface area contributed by atoms with Crippen LogP contribution in [0.4, 0.5) is 17.1 Å². The van der Waals surface area contributed by atoms with Crippen LogP contribution < -0.4 is 14.2 Å². The van der Waals surface area contributed by atoms with Gasteiger partial charge >= 0.3 is 17.1 Å². The summed E-state index contributed by atoms with van der Waals surface area (Å²) >= 11 is 0. The van der Waals surface area contributed by atoms with Gasteiger partial charge in [-0.15, -0.1) is 0 Å². The Hall–Kier alpha value is -6.65. The highest BCUT2D eigenvalue weighted by Gasteiger charge is 2.22. The summed E-state index contributed by atoms with van der Waals surface area (Å²) in [5.74, 6) is 0.243. The van der Waals surface area contributed by atoms with Crippen LogP contribution in [-0.2, 0) is 14.1 Å². The fourth-order valence-electron chi connectivity index (χ4n) is 4.53. The number of nitro benzene ring substituents is 3. The van der Waals surface area contributed by atoms with Gasteiger partial charge in [-0.05, 0) is 37.3 Å². The molecule has 0 bridgehead atoms. The Bertz CT molecular complexity index is 1920. The third-order valence-corrected chi connectivity index (χ3v) is 6.65. The molecule has 0 aliphatic heterocycles. The van der Waals surface area contributed by atoms with Crippen LogP contribution in [-0.4, -0.2) is 61.4 Å². The standard InChI is InChI=1S/2C11H11N3O3.C9H9NO4/c1-13-7-6-9(12-13)8-4-3-5-10(14(15)16)11(8)17-2;1-13-9(6-7-12-13)8-4-3-5-10(14(15)16)11(8)17-2;1-6(11)7-4-3-5-8(10(12)13)9(7)14-2/h2*3-7H,1-2H3;3-5H,1-2H3. The van der Waals surface area contributed by atoms with Crippen molar-refractivity contribution in [1.29, 1.82) is 0 Å². The molecule has 0 saturated carbocycles. The Kier molecular flexibility index (Phi) is 12.0. The number of ketones is 1. The molecule has 5 aromatic rings. The van der Waals surface area contributed by atoms with E-state index in [-0.39, 0.29) is 45.7 Å². The minimum atomic E-state index is -0.578. The summed E-state index contributed by atoms with van der Waals surface area (Å²) in [4.78, 5) is 41.9. The Morgan fingerprint density at radius 3 is 1.58 bits per heavy atom. The average molecular weight is 662 g/mol. The van der Waals surface area contributed by atoms with Gasteiger partial charge in [0, 0.05) is 50.3 Å². The van der Waals surface area contributed by atoms with E-state index in [0.29, 0.717) is 16.8 Å². The van der Waals surface area contributed by atoms with Crippen LogP contribution >= 0.6 is 0 Å². The van der Waals surface area contributed by atoms with Crippen molar-refractivity contribution in [1.82, 2.24) is 19.6 Å². The molecule has 0 spiro atoms. The number of para-hydroxylation sites is 3. The zero-order valence-corrected chi connectivity index (χ0v) is 26.7. The molecule has 250 valence electrons. The van der Waals surface area contributed by atoms with Crippen molar-refractivity contribution in [2.75, 3.05) is 21.3 Å². The van der Waals surface area contributed by atoms with E-state index in [1.54, 1.807) is 72.3 Å². The van der Waals surface area contributed by atoms with Crippen molar-refractivity contribution in [3.8, 4) is 39.8 Å². The molecule has 0 N–H and O–H groups in total. The van der Waals surface area contributed by atoms with Crippen LogP contribution in [0.5, 0.6) is 17.2 Å². The first-order chi connectivity index (χ1) is 22.9. The first-order valence-electron chi connectivity index (χ1n) is 13.8. The van der Waals surface area contributed by atoms with Crippen molar-refractivity contribution in [2.24, 2.45) is 14.1 Å². The molecule has 3 aromatic carbocycles. The molecule has 2 aromatic heterocycles. The van der Waals surface area contributed by atoms with Gasteiger partial charge in [0.05, 0.1) is 58.6 Å². The molecule has 0 unspecified atom stereocenters. The van der Waals surface area contributed by atoms with Crippen molar-refractivity contribution >= 4 is 22.8 Å². The monoisotopic (exact) mass is 661 g/mol. The highest BCUT2D eigenvalue weighted by atomic mass is 16.6. The number of nitro groups is 3. The van der Waals surface area contributed by atoms with Crippen molar-refractivity contribution in [2.45, 2.75) is 6.92 Å². The van der Waals surface area contributed by atoms with E-state index in [4.69, 9.17) is 14.2 Å². The first kappa shape index (κ1) is 35.8. The van der Waals surface area contributed by atoms with Gasteiger partial charge in [-0.2, -0.15) is 10.2 Å². The van der Waals surface area contributed by atoms with E-state index >= 15 is 0 Å². The molecule has 5 rings (SSSR count). The highest BCUT2D eigenvalue weighted by Crippen LogP contribution is 2.38. The molecule has 48 heavy (non-hydrogen) atoms. The number of Topliss-reactive ketones (excluding diaryl/α,β-unsaturated/α-hetero) is 1. The fourth-order valence-corrected chi connectivity index (χ4v) is 4.53.